The van der Waals surface area contributed by atoms with Crippen molar-refractivity contribution in [3.63, 3.8) is 0 Å². The number of hydrogen-bond donors (Lipinski definition) is 4. The number of para-hydroxylation sites is 2. The molecule has 0 saturated carbocycles. The van der Waals surface area contributed by atoms with Gasteiger partial charge in [-0.2, -0.15) is 10.2 Å². The van der Waals surface area contributed by atoms with E-state index in [9.17, 15) is 19.8 Å². The lowest BCUT2D eigenvalue weighted by Crippen LogP contribution is -2.23. The van der Waals surface area contributed by atoms with Crippen LogP contribution in [0.15, 0.2) is 58.7 Å². The maximum Gasteiger partial charge on any atom is 0.250 e. The second-order valence-electron chi connectivity index (χ2n) is 5.20. The molecular weight excluding hydrogens is 368 g/mol. The summed E-state index contributed by atoms with van der Waals surface area (Å²) in [7, 11) is 0. The van der Waals surface area contributed by atoms with Crippen molar-refractivity contribution in [2.24, 2.45) is 10.2 Å². The molecule has 0 radical (unpaired) electrons. The summed E-state index contributed by atoms with van der Waals surface area (Å²) < 4.78 is 0. The maximum atomic E-state index is 11.6. The molecule has 0 aliphatic carbocycles. The van der Waals surface area contributed by atoms with Gasteiger partial charge in [-0.15, -0.1) is 11.8 Å². The Morgan fingerprint density at radius 3 is 1.63 bits per heavy atom. The third-order valence-electron chi connectivity index (χ3n) is 3.13. The molecule has 0 bridgehead atoms. The van der Waals surface area contributed by atoms with Crippen LogP contribution in [0, 0.1) is 0 Å². The zero-order chi connectivity index (χ0) is 19.5. The number of thioether (sulfide) groups is 1. The van der Waals surface area contributed by atoms with Crippen LogP contribution in [0.4, 0.5) is 0 Å². The normalized spacial score (nSPS) is 11.0. The first-order valence-electron chi connectivity index (χ1n) is 7.84. The molecule has 0 aromatic heterocycles. The van der Waals surface area contributed by atoms with Gasteiger partial charge >= 0.3 is 0 Å². The molecule has 0 fully saturated rings. The predicted octanol–water partition coefficient (Wildman–Crippen LogP) is 1.43. The molecular formula is C18H18N4O4S. The number of phenolic OH excluding ortho intramolecular Hbond substituents is 2. The van der Waals surface area contributed by atoms with Crippen LogP contribution < -0.4 is 10.9 Å². The molecule has 4 N–H and O–H groups in total. The van der Waals surface area contributed by atoms with Gasteiger partial charge in [-0.1, -0.05) is 24.3 Å². The molecule has 0 aliphatic rings. The van der Waals surface area contributed by atoms with Crippen LogP contribution in [0.3, 0.4) is 0 Å². The number of amides is 2. The zero-order valence-electron chi connectivity index (χ0n) is 14.2. The van der Waals surface area contributed by atoms with Gasteiger partial charge in [0.1, 0.15) is 11.5 Å². The number of hydrogen-bond acceptors (Lipinski definition) is 7. The lowest BCUT2D eigenvalue weighted by Gasteiger charge is -2.01. The Morgan fingerprint density at radius 2 is 1.22 bits per heavy atom. The quantitative estimate of drug-likeness (QED) is 0.404. The highest BCUT2D eigenvalue weighted by Crippen LogP contribution is 2.13. The van der Waals surface area contributed by atoms with E-state index < -0.39 is 0 Å². The highest BCUT2D eigenvalue weighted by atomic mass is 32.2. The van der Waals surface area contributed by atoms with Crippen molar-refractivity contribution in [2.75, 3.05) is 11.5 Å². The Labute approximate surface area is 160 Å². The number of phenols is 2. The topological polar surface area (TPSA) is 123 Å². The summed E-state index contributed by atoms with van der Waals surface area (Å²) in [5.41, 5.74) is 5.58. The van der Waals surface area contributed by atoms with E-state index >= 15 is 0 Å². The molecule has 2 aromatic rings. The Kier molecular flexibility index (Phi) is 7.86. The molecule has 0 aliphatic heterocycles. The molecule has 9 heteroatoms. The highest BCUT2D eigenvalue weighted by Gasteiger charge is 2.04. The van der Waals surface area contributed by atoms with Gasteiger partial charge in [0, 0.05) is 11.1 Å². The van der Waals surface area contributed by atoms with Gasteiger partial charge in [-0.25, -0.2) is 10.9 Å². The number of nitrogens with zero attached hydrogens (tertiary/aromatic N) is 2. The molecule has 0 spiro atoms. The fourth-order valence-corrected chi connectivity index (χ4v) is 2.44. The van der Waals surface area contributed by atoms with Gasteiger partial charge in [0.05, 0.1) is 23.9 Å². The fraction of sp³-hybridized carbons (Fsp3) is 0.111. The van der Waals surface area contributed by atoms with Crippen molar-refractivity contribution in [3.05, 3.63) is 59.7 Å². The number of carbonyl (C=O) groups is 2. The SMILES string of the molecule is O=C(CSCC(=O)N/N=C\c1ccccc1O)N/N=C\c1ccccc1O. The van der Waals surface area contributed by atoms with E-state index in [0.29, 0.717) is 11.1 Å². The monoisotopic (exact) mass is 386 g/mol. The van der Waals surface area contributed by atoms with Crippen LogP contribution in [0.25, 0.3) is 0 Å². The van der Waals surface area contributed by atoms with E-state index in [0.717, 1.165) is 11.8 Å². The molecule has 0 atom stereocenters. The Balaban J connectivity index is 1.65. The summed E-state index contributed by atoms with van der Waals surface area (Å²) in [5, 5.41) is 26.6. The minimum atomic E-state index is -0.378. The molecule has 0 unspecified atom stereocenters. The molecule has 2 aromatic carbocycles. The van der Waals surface area contributed by atoms with E-state index in [4.69, 9.17) is 0 Å². The third-order valence-corrected chi connectivity index (χ3v) is 4.06. The zero-order valence-corrected chi connectivity index (χ0v) is 15.0. The van der Waals surface area contributed by atoms with Crippen LogP contribution in [0.1, 0.15) is 11.1 Å². The van der Waals surface area contributed by atoms with Gasteiger partial charge in [-0.05, 0) is 24.3 Å². The molecule has 27 heavy (non-hydrogen) atoms. The van der Waals surface area contributed by atoms with Gasteiger partial charge in [0.25, 0.3) is 0 Å². The number of carbonyl (C=O) groups excluding carboxylic acids is 2. The van der Waals surface area contributed by atoms with E-state index in [-0.39, 0.29) is 34.8 Å². The minimum absolute atomic E-state index is 0.0364. The first-order valence-corrected chi connectivity index (χ1v) is 8.99. The second-order valence-corrected chi connectivity index (χ2v) is 6.18. The summed E-state index contributed by atoms with van der Waals surface area (Å²) in [6.45, 7) is 0. The number of aromatic hydroxyl groups is 2. The molecule has 140 valence electrons. The van der Waals surface area contributed by atoms with Crippen molar-refractivity contribution in [1.82, 2.24) is 10.9 Å². The van der Waals surface area contributed by atoms with Crippen LogP contribution in [0.2, 0.25) is 0 Å². The number of nitrogens with one attached hydrogen (secondary N) is 2. The van der Waals surface area contributed by atoms with E-state index in [1.165, 1.54) is 24.6 Å². The summed E-state index contributed by atoms with van der Waals surface area (Å²) in [5.74, 6) is -0.560. The smallest absolute Gasteiger partial charge is 0.250 e. The van der Waals surface area contributed by atoms with Gasteiger partial charge in [0.15, 0.2) is 0 Å². The molecule has 8 nitrogen and oxygen atoms in total. The lowest BCUT2D eigenvalue weighted by atomic mass is 10.2. The van der Waals surface area contributed by atoms with Crippen molar-refractivity contribution >= 4 is 36.0 Å². The Bertz CT molecular complexity index is 785. The summed E-state index contributed by atoms with van der Waals surface area (Å²) in [6.07, 6.45) is 2.66. The Hall–Kier alpha value is -3.33. The van der Waals surface area contributed by atoms with E-state index in [1.54, 1.807) is 36.4 Å². The van der Waals surface area contributed by atoms with Crippen LogP contribution in [0.5, 0.6) is 11.5 Å². The predicted molar refractivity (Wildman–Crippen MR) is 105 cm³/mol. The van der Waals surface area contributed by atoms with Crippen molar-refractivity contribution in [3.8, 4) is 11.5 Å². The van der Waals surface area contributed by atoms with Gasteiger partial charge < -0.3 is 10.2 Å². The largest absolute Gasteiger partial charge is 0.507 e. The number of rotatable bonds is 8. The van der Waals surface area contributed by atoms with Crippen LogP contribution >= 0.6 is 11.8 Å². The summed E-state index contributed by atoms with van der Waals surface area (Å²) in [6, 6.07) is 13.2. The first-order chi connectivity index (χ1) is 13.1. The van der Waals surface area contributed by atoms with Crippen LogP contribution in [-0.2, 0) is 9.59 Å². The number of benzene rings is 2. The molecule has 2 amide bonds. The molecule has 0 heterocycles. The van der Waals surface area contributed by atoms with E-state index in [1.807, 2.05) is 0 Å². The highest BCUT2D eigenvalue weighted by molar-refractivity contribution is 8.00. The van der Waals surface area contributed by atoms with Gasteiger partial charge in [-0.3, -0.25) is 9.59 Å². The molecule has 2 rings (SSSR count). The summed E-state index contributed by atoms with van der Waals surface area (Å²) in [4.78, 5) is 23.3. The summed E-state index contributed by atoms with van der Waals surface area (Å²) >= 11 is 1.10. The maximum absolute atomic E-state index is 11.6. The Morgan fingerprint density at radius 1 is 0.815 bits per heavy atom. The third kappa shape index (κ3) is 7.20. The average Bonchev–Trinajstić information content (AvgIpc) is 2.65. The lowest BCUT2D eigenvalue weighted by molar-refractivity contribution is -0.118. The van der Waals surface area contributed by atoms with Crippen molar-refractivity contribution in [1.29, 1.82) is 0 Å². The van der Waals surface area contributed by atoms with Gasteiger partial charge in [0.2, 0.25) is 11.8 Å². The van der Waals surface area contributed by atoms with Crippen molar-refractivity contribution in [2.45, 2.75) is 0 Å². The second kappa shape index (κ2) is 10.6. The average molecular weight is 386 g/mol. The van der Waals surface area contributed by atoms with Crippen molar-refractivity contribution < 1.29 is 19.8 Å². The minimum Gasteiger partial charge on any atom is -0.507 e. The number of hydrazone groups is 2. The first kappa shape index (κ1) is 20.0. The fourth-order valence-electron chi connectivity index (χ4n) is 1.84. The molecule has 0 saturated heterocycles. The van der Waals surface area contributed by atoms with Crippen LogP contribution in [-0.4, -0.2) is 46.0 Å². The van der Waals surface area contributed by atoms with E-state index in [2.05, 4.69) is 21.1 Å². The standard InChI is InChI=1S/C18H18N4O4S/c23-15-7-3-1-5-13(15)9-19-21-17(25)11-27-12-18(26)22-20-10-14-6-2-4-8-16(14)24/h1-10,23-24H,11-12H2,(H,21,25)(H,22,26)/b19-9-,20-10-.